The number of amides is 2. The molecule has 0 spiro atoms. The molecule has 1 aromatic rings. The SMILES string of the molecule is CC1CN(C(=O)C2CCCN2C(=O)c2ccccc2)CCN1.Cl. The third-order valence-corrected chi connectivity index (χ3v) is 4.50. The number of likely N-dealkylation sites (tertiary alicyclic amines) is 1. The van der Waals surface area contributed by atoms with Crippen LogP contribution in [0.2, 0.25) is 0 Å². The lowest BCUT2D eigenvalue weighted by molar-refractivity contribution is -0.136. The second-order valence-electron chi connectivity index (χ2n) is 6.16. The van der Waals surface area contributed by atoms with Crippen molar-refractivity contribution in [2.24, 2.45) is 0 Å². The lowest BCUT2D eigenvalue weighted by atomic mass is 10.1. The molecule has 1 N–H and O–H groups in total. The largest absolute Gasteiger partial charge is 0.338 e. The maximum atomic E-state index is 12.8. The number of benzene rings is 1. The molecule has 0 radical (unpaired) electrons. The minimum absolute atomic E-state index is 0. The molecule has 2 amide bonds. The highest BCUT2D eigenvalue weighted by atomic mass is 35.5. The van der Waals surface area contributed by atoms with Gasteiger partial charge in [-0.1, -0.05) is 18.2 Å². The molecule has 0 saturated carbocycles. The molecule has 2 aliphatic rings. The summed E-state index contributed by atoms with van der Waals surface area (Å²) >= 11 is 0. The number of carbonyl (C=O) groups excluding carboxylic acids is 2. The van der Waals surface area contributed by atoms with Crippen molar-refractivity contribution in [2.45, 2.75) is 31.8 Å². The van der Waals surface area contributed by atoms with Crippen molar-refractivity contribution in [3.05, 3.63) is 35.9 Å². The summed E-state index contributed by atoms with van der Waals surface area (Å²) in [6.07, 6.45) is 1.67. The molecule has 23 heavy (non-hydrogen) atoms. The number of nitrogens with one attached hydrogen (secondary N) is 1. The van der Waals surface area contributed by atoms with Gasteiger partial charge in [0.1, 0.15) is 6.04 Å². The summed E-state index contributed by atoms with van der Waals surface area (Å²) < 4.78 is 0. The monoisotopic (exact) mass is 337 g/mol. The van der Waals surface area contributed by atoms with Gasteiger partial charge in [-0.2, -0.15) is 0 Å². The Labute approximate surface area is 143 Å². The molecule has 0 aliphatic carbocycles. The average molecular weight is 338 g/mol. The molecule has 2 saturated heterocycles. The van der Waals surface area contributed by atoms with Crippen LogP contribution in [0.5, 0.6) is 0 Å². The van der Waals surface area contributed by atoms with E-state index in [1.807, 2.05) is 35.2 Å². The molecule has 2 fully saturated rings. The zero-order valence-electron chi connectivity index (χ0n) is 13.4. The minimum Gasteiger partial charge on any atom is -0.338 e. The quantitative estimate of drug-likeness (QED) is 0.890. The van der Waals surface area contributed by atoms with Crippen molar-refractivity contribution in [3.63, 3.8) is 0 Å². The van der Waals surface area contributed by atoms with Gasteiger partial charge in [0, 0.05) is 37.8 Å². The predicted molar refractivity (Wildman–Crippen MR) is 91.8 cm³/mol. The molecule has 126 valence electrons. The summed E-state index contributed by atoms with van der Waals surface area (Å²) in [5.74, 6) is 0.0785. The lowest BCUT2D eigenvalue weighted by Crippen LogP contribution is -2.56. The van der Waals surface area contributed by atoms with Crippen molar-refractivity contribution in [3.8, 4) is 0 Å². The number of piperazine rings is 1. The Kier molecular flexibility index (Phi) is 6.02. The Balaban J connectivity index is 0.00000192. The van der Waals surface area contributed by atoms with Crippen LogP contribution in [0.3, 0.4) is 0 Å². The summed E-state index contributed by atoms with van der Waals surface area (Å²) in [5.41, 5.74) is 0.663. The number of rotatable bonds is 2. The van der Waals surface area contributed by atoms with E-state index < -0.39 is 0 Å². The van der Waals surface area contributed by atoms with Gasteiger partial charge in [-0.05, 0) is 31.9 Å². The summed E-state index contributed by atoms with van der Waals surface area (Å²) in [4.78, 5) is 29.1. The van der Waals surface area contributed by atoms with Crippen LogP contribution in [-0.4, -0.2) is 59.9 Å². The number of halogens is 1. The molecule has 2 unspecified atom stereocenters. The van der Waals surface area contributed by atoms with Crippen molar-refractivity contribution in [2.75, 3.05) is 26.2 Å². The van der Waals surface area contributed by atoms with Crippen LogP contribution < -0.4 is 5.32 Å². The van der Waals surface area contributed by atoms with Gasteiger partial charge < -0.3 is 15.1 Å². The first-order chi connectivity index (χ1) is 10.7. The Hall–Kier alpha value is -1.59. The van der Waals surface area contributed by atoms with E-state index in [9.17, 15) is 9.59 Å². The third kappa shape index (κ3) is 3.85. The van der Waals surface area contributed by atoms with Gasteiger partial charge in [0.15, 0.2) is 0 Å². The molecule has 2 aliphatic heterocycles. The fraction of sp³-hybridized carbons (Fsp3) is 0.529. The maximum Gasteiger partial charge on any atom is 0.254 e. The molecular weight excluding hydrogens is 314 g/mol. The van der Waals surface area contributed by atoms with Gasteiger partial charge in [0.25, 0.3) is 5.91 Å². The van der Waals surface area contributed by atoms with Crippen LogP contribution in [-0.2, 0) is 4.79 Å². The molecule has 3 rings (SSSR count). The molecule has 2 heterocycles. The van der Waals surface area contributed by atoms with Crippen molar-refractivity contribution < 1.29 is 9.59 Å². The highest BCUT2D eigenvalue weighted by molar-refractivity contribution is 5.98. The van der Waals surface area contributed by atoms with Crippen LogP contribution in [0, 0.1) is 0 Å². The molecular formula is C17H24ClN3O2. The zero-order chi connectivity index (χ0) is 15.5. The van der Waals surface area contributed by atoms with Crippen LogP contribution >= 0.6 is 12.4 Å². The topological polar surface area (TPSA) is 52.7 Å². The van der Waals surface area contributed by atoms with E-state index >= 15 is 0 Å². The van der Waals surface area contributed by atoms with Crippen LogP contribution in [0.25, 0.3) is 0 Å². The van der Waals surface area contributed by atoms with E-state index in [2.05, 4.69) is 12.2 Å². The average Bonchev–Trinajstić information content (AvgIpc) is 3.04. The Morgan fingerprint density at radius 2 is 1.91 bits per heavy atom. The van der Waals surface area contributed by atoms with Crippen molar-refractivity contribution in [1.29, 1.82) is 0 Å². The lowest BCUT2D eigenvalue weighted by Gasteiger charge is -2.35. The van der Waals surface area contributed by atoms with E-state index in [0.717, 1.165) is 32.5 Å². The first-order valence-electron chi connectivity index (χ1n) is 8.05. The number of hydrogen-bond donors (Lipinski definition) is 1. The van der Waals surface area contributed by atoms with Crippen molar-refractivity contribution >= 4 is 24.2 Å². The maximum absolute atomic E-state index is 12.8. The molecule has 2 atom stereocenters. The first-order valence-corrected chi connectivity index (χ1v) is 8.05. The predicted octanol–water partition coefficient (Wildman–Crippen LogP) is 1.53. The molecule has 0 bridgehead atoms. The fourth-order valence-electron chi connectivity index (χ4n) is 3.36. The fourth-order valence-corrected chi connectivity index (χ4v) is 3.36. The normalized spacial score (nSPS) is 24.2. The summed E-state index contributed by atoms with van der Waals surface area (Å²) in [7, 11) is 0. The Morgan fingerprint density at radius 1 is 1.17 bits per heavy atom. The number of hydrogen-bond acceptors (Lipinski definition) is 3. The molecule has 5 nitrogen and oxygen atoms in total. The van der Waals surface area contributed by atoms with Crippen molar-refractivity contribution in [1.82, 2.24) is 15.1 Å². The Morgan fingerprint density at radius 3 is 2.61 bits per heavy atom. The number of carbonyl (C=O) groups is 2. The van der Waals surface area contributed by atoms with Crippen LogP contribution in [0.1, 0.15) is 30.1 Å². The van der Waals surface area contributed by atoms with Crippen LogP contribution in [0.15, 0.2) is 30.3 Å². The smallest absolute Gasteiger partial charge is 0.254 e. The third-order valence-electron chi connectivity index (χ3n) is 4.50. The first kappa shape index (κ1) is 17.8. The summed E-state index contributed by atoms with van der Waals surface area (Å²) in [6.45, 7) is 5.04. The molecule has 1 aromatic carbocycles. The van der Waals surface area contributed by atoms with E-state index in [1.165, 1.54) is 0 Å². The zero-order valence-corrected chi connectivity index (χ0v) is 14.2. The van der Waals surface area contributed by atoms with Gasteiger partial charge in [0.2, 0.25) is 5.91 Å². The molecule has 6 heteroatoms. The molecule has 0 aromatic heterocycles. The van der Waals surface area contributed by atoms with Gasteiger partial charge >= 0.3 is 0 Å². The van der Waals surface area contributed by atoms with Gasteiger partial charge in [-0.3, -0.25) is 9.59 Å². The van der Waals surface area contributed by atoms with E-state index in [4.69, 9.17) is 0 Å². The van der Waals surface area contributed by atoms with Gasteiger partial charge in [-0.15, -0.1) is 12.4 Å². The van der Waals surface area contributed by atoms with E-state index in [-0.39, 0.29) is 30.3 Å². The highest BCUT2D eigenvalue weighted by Gasteiger charge is 2.37. The number of nitrogens with zero attached hydrogens (tertiary/aromatic N) is 2. The second kappa shape index (κ2) is 7.79. The van der Waals surface area contributed by atoms with Crippen LogP contribution in [0.4, 0.5) is 0 Å². The van der Waals surface area contributed by atoms with Gasteiger partial charge in [-0.25, -0.2) is 0 Å². The van der Waals surface area contributed by atoms with E-state index in [0.29, 0.717) is 18.2 Å². The summed E-state index contributed by atoms with van der Waals surface area (Å²) in [5, 5.41) is 3.34. The highest BCUT2D eigenvalue weighted by Crippen LogP contribution is 2.22. The summed E-state index contributed by atoms with van der Waals surface area (Å²) in [6, 6.07) is 9.27. The minimum atomic E-state index is -0.294. The second-order valence-corrected chi connectivity index (χ2v) is 6.16. The van der Waals surface area contributed by atoms with Gasteiger partial charge in [0.05, 0.1) is 0 Å². The van der Waals surface area contributed by atoms with E-state index in [1.54, 1.807) is 4.90 Å². The Bertz CT molecular complexity index is 552. The standard InChI is InChI=1S/C17H23N3O2.ClH/c1-13-12-19(11-9-18-13)17(22)15-8-5-10-20(15)16(21)14-6-3-2-4-7-14;/h2-4,6-7,13,15,18H,5,8-12H2,1H3;1H.